The Morgan fingerprint density at radius 2 is 2.00 bits per heavy atom. The number of benzene rings is 1. The van der Waals surface area contributed by atoms with Gasteiger partial charge in [-0.05, 0) is 6.07 Å². The summed E-state index contributed by atoms with van der Waals surface area (Å²) in [4.78, 5) is 24.5. The number of hydrogen-bond acceptors (Lipinski definition) is 5. The fraction of sp³-hybridized carbons (Fsp3) is 0.462. The van der Waals surface area contributed by atoms with Crippen molar-refractivity contribution in [1.29, 1.82) is 0 Å². The van der Waals surface area contributed by atoms with Crippen LogP contribution >= 0.6 is 12.4 Å². The molecule has 0 bridgehead atoms. The maximum Gasteiger partial charge on any atom is 0.282 e. The lowest BCUT2D eigenvalue weighted by Gasteiger charge is -2.27. The maximum atomic E-state index is 12.0. The van der Waals surface area contributed by atoms with E-state index in [4.69, 9.17) is 0 Å². The molecule has 1 heterocycles. The summed E-state index contributed by atoms with van der Waals surface area (Å²) in [6, 6.07) is 5.98. The molecular weight excluding hydrogens is 296 g/mol. The van der Waals surface area contributed by atoms with E-state index in [-0.39, 0.29) is 23.7 Å². The lowest BCUT2D eigenvalue weighted by Crippen LogP contribution is -2.46. The van der Waals surface area contributed by atoms with Crippen LogP contribution in [0.25, 0.3) is 0 Å². The Balaban J connectivity index is 0.00000220. The van der Waals surface area contributed by atoms with Gasteiger partial charge in [-0.1, -0.05) is 12.1 Å². The smallest absolute Gasteiger partial charge is 0.282 e. The zero-order valence-corrected chi connectivity index (χ0v) is 12.4. The third kappa shape index (κ3) is 4.96. The SMILES string of the molecule is Cl.O=C(NCCN1CCNCC1)c1ccccc1[N+](=O)[O-]. The van der Waals surface area contributed by atoms with Gasteiger partial charge >= 0.3 is 0 Å². The minimum absolute atomic E-state index is 0. The number of amides is 1. The van der Waals surface area contributed by atoms with Gasteiger partial charge in [0, 0.05) is 45.3 Å². The molecular formula is C13H19ClN4O3. The van der Waals surface area contributed by atoms with Gasteiger partial charge in [0.1, 0.15) is 5.56 Å². The molecule has 0 aromatic heterocycles. The van der Waals surface area contributed by atoms with E-state index in [2.05, 4.69) is 15.5 Å². The highest BCUT2D eigenvalue weighted by Gasteiger charge is 2.19. The second-order valence-electron chi connectivity index (χ2n) is 4.62. The third-order valence-corrected chi connectivity index (χ3v) is 3.27. The van der Waals surface area contributed by atoms with Crippen LogP contribution < -0.4 is 10.6 Å². The van der Waals surface area contributed by atoms with Gasteiger partial charge < -0.3 is 10.6 Å². The normalized spacial score (nSPS) is 15.0. The molecule has 1 aromatic carbocycles. The average Bonchev–Trinajstić information content (AvgIpc) is 2.48. The Labute approximate surface area is 129 Å². The van der Waals surface area contributed by atoms with Crippen molar-refractivity contribution in [3.05, 3.63) is 39.9 Å². The van der Waals surface area contributed by atoms with Crippen molar-refractivity contribution in [1.82, 2.24) is 15.5 Å². The number of rotatable bonds is 5. The molecule has 2 rings (SSSR count). The van der Waals surface area contributed by atoms with Gasteiger partial charge in [0.25, 0.3) is 11.6 Å². The van der Waals surface area contributed by atoms with E-state index in [0.29, 0.717) is 6.54 Å². The number of hydrogen-bond donors (Lipinski definition) is 2. The first-order valence-electron chi connectivity index (χ1n) is 6.63. The summed E-state index contributed by atoms with van der Waals surface area (Å²) >= 11 is 0. The van der Waals surface area contributed by atoms with Gasteiger partial charge in [-0.3, -0.25) is 19.8 Å². The van der Waals surface area contributed by atoms with Crippen molar-refractivity contribution >= 4 is 24.0 Å². The molecule has 21 heavy (non-hydrogen) atoms. The second-order valence-corrected chi connectivity index (χ2v) is 4.62. The van der Waals surface area contributed by atoms with Crippen LogP contribution in [0.4, 0.5) is 5.69 Å². The molecule has 1 aromatic rings. The standard InChI is InChI=1S/C13H18N4O3.ClH/c18-13(11-3-1-2-4-12(11)17(19)20)15-7-10-16-8-5-14-6-9-16;/h1-4,14H,5-10H2,(H,15,18);1H. The van der Waals surface area contributed by atoms with Crippen LogP contribution in [0.15, 0.2) is 24.3 Å². The van der Waals surface area contributed by atoms with E-state index in [1.807, 2.05) is 0 Å². The van der Waals surface area contributed by atoms with Crippen molar-refractivity contribution < 1.29 is 9.72 Å². The van der Waals surface area contributed by atoms with E-state index in [0.717, 1.165) is 32.7 Å². The fourth-order valence-corrected chi connectivity index (χ4v) is 2.18. The third-order valence-electron chi connectivity index (χ3n) is 3.27. The lowest BCUT2D eigenvalue weighted by molar-refractivity contribution is -0.385. The Kier molecular flexibility index (Phi) is 7.07. The molecule has 1 aliphatic rings. The molecule has 1 fully saturated rings. The van der Waals surface area contributed by atoms with Crippen molar-refractivity contribution in [2.24, 2.45) is 0 Å². The fourth-order valence-electron chi connectivity index (χ4n) is 2.18. The summed E-state index contributed by atoms with van der Waals surface area (Å²) in [5, 5.41) is 16.8. The van der Waals surface area contributed by atoms with Gasteiger partial charge in [0.15, 0.2) is 0 Å². The van der Waals surface area contributed by atoms with Crippen molar-refractivity contribution in [2.75, 3.05) is 39.3 Å². The average molecular weight is 315 g/mol. The summed E-state index contributed by atoms with van der Waals surface area (Å²) in [6.45, 7) is 5.08. The lowest BCUT2D eigenvalue weighted by atomic mass is 10.1. The van der Waals surface area contributed by atoms with Crippen LogP contribution in [0.1, 0.15) is 10.4 Å². The first kappa shape index (κ1) is 17.4. The molecule has 0 spiro atoms. The first-order chi connectivity index (χ1) is 9.68. The number of carbonyl (C=O) groups is 1. The molecule has 2 N–H and O–H groups in total. The Hall–Kier alpha value is -1.70. The van der Waals surface area contributed by atoms with Crippen molar-refractivity contribution in [2.45, 2.75) is 0 Å². The van der Waals surface area contributed by atoms with Crippen LogP contribution in [0.5, 0.6) is 0 Å². The number of nitro groups is 1. The largest absolute Gasteiger partial charge is 0.351 e. The molecule has 0 atom stereocenters. The minimum Gasteiger partial charge on any atom is -0.351 e. The Morgan fingerprint density at radius 1 is 1.33 bits per heavy atom. The van der Waals surface area contributed by atoms with Crippen LogP contribution in [-0.2, 0) is 0 Å². The van der Waals surface area contributed by atoms with Crippen molar-refractivity contribution in [3.8, 4) is 0 Å². The summed E-state index contributed by atoms with van der Waals surface area (Å²) in [5.74, 6) is -0.396. The summed E-state index contributed by atoms with van der Waals surface area (Å²) in [7, 11) is 0. The molecule has 7 nitrogen and oxygen atoms in total. The molecule has 1 saturated heterocycles. The summed E-state index contributed by atoms with van der Waals surface area (Å²) in [6.07, 6.45) is 0. The van der Waals surface area contributed by atoms with E-state index in [9.17, 15) is 14.9 Å². The molecule has 116 valence electrons. The highest BCUT2D eigenvalue weighted by atomic mass is 35.5. The van der Waals surface area contributed by atoms with Gasteiger partial charge in [0.2, 0.25) is 0 Å². The van der Waals surface area contributed by atoms with Gasteiger partial charge in [-0.2, -0.15) is 0 Å². The minimum atomic E-state index is -0.536. The number of halogens is 1. The van der Waals surface area contributed by atoms with Crippen molar-refractivity contribution in [3.63, 3.8) is 0 Å². The predicted molar refractivity (Wildman–Crippen MR) is 82.0 cm³/mol. The summed E-state index contributed by atoms with van der Waals surface area (Å²) < 4.78 is 0. The molecule has 0 aliphatic carbocycles. The predicted octanol–water partition coefficient (Wildman–Crippen LogP) is 0.652. The van der Waals surface area contributed by atoms with E-state index >= 15 is 0 Å². The quantitative estimate of drug-likeness (QED) is 0.615. The zero-order chi connectivity index (χ0) is 14.4. The molecule has 0 saturated carbocycles. The number of nitro benzene ring substituents is 1. The van der Waals surface area contributed by atoms with E-state index in [1.54, 1.807) is 12.1 Å². The first-order valence-corrected chi connectivity index (χ1v) is 6.63. The molecule has 0 unspecified atom stereocenters. The number of para-hydroxylation sites is 1. The number of piperazine rings is 1. The van der Waals surface area contributed by atoms with Gasteiger partial charge in [-0.25, -0.2) is 0 Å². The maximum absolute atomic E-state index is 12.0. The highest BCUT2D eigenvalue weighted by Crippen LogP contribution is 2.17. The number of nitrogens with zero attached hydrogens (tertiary/aromatic N) is 2. The van der Waals surface area contributed by atoms with Gasteiger partial charge in [-0.15, -0.1) is 12.4 Å². The van der Waals surface area contributed by atoms with Gasteiger partial charge in [0.05, 0.1) is 4.92 Å². The molecule has 1 aliphatic heterocycles. The Bertz CT molecular complexity index is 492. The van der Waals surface area contributed by atoms with Crippen LogP contribution in [-0.4, -0.2) is 55.0 Å². The topological polar surface area (TPSA) is 87.5 Å². The highest BCUT2D eigenvalue weighted by molar-refractivity contribution is 5.98. The molecule has 0 radical (unpaired) electrons. The monoisotopic (exact) mass is 314 g/mol. The summed E-state index contributed by atoms with van der Waals surface area (Å²) in [5.41, 5.74) is -0.0509. The van der Waals surface area contributed by atoms with Crippen LogP contribution in [0, 0.1) is 10.1 Å². The zero-order valence-electron chi connectivity index (χ0n) is 11.6. The van der Waals surface area contributed by atoms with Crippen LogP contribution in [0.2, 0.25) is 0 Å². The van der Waals surface area contributed by atoms with E-state index < -0.39 is 10.8 Å². The second kappa shape index (κ2) is 8.56. The Morgan fingerprint density at radius 3 is 2.67 bits per heavy atom. The molecule has 8 heteroatoms. The number of carbonyl (C=O) groups excluding carboxylic acids is 1. The van der Waals surface area contributed by atoms with Crippen LogP contribution in [0.3, 0.4) is 0 Å². The van der Waals surface area contributed by atoms with E-state index in [1.165, 1.54) is 12.1 Å². The number of nitrogens with one attached hydrogen (secondary N) is 2. The molecule has 1 amide bonds.